The van der Waals surface area contributed by atoms with Crippen molar-refractivity contribution in [2.45, 2.75) is 10.6 Å². The molecule has 0 spiro atoms. The largest absolute Gasteiger partial charge is 0.322 e. The van der Waals surface area contributed by atoms with E-state index in [1.807, 2.05) is 48.7 Å². The number of anilines is 1. The van der Waals surface area contributed by atoms with E-state index in [9.17, 15) is 4.79 Å². The highest BCUT2D eigenvalue weighted by molar-refractivity contribution is 7.98. The molecule has 138 valence electrons. The molecule has 4 rings (SSSR count). The van der Waals surface area contributed by atoms with Crippen molar-refractivity contribution >= 4 is 23.4 Å². The van der Waals surface area contributed by atoms with Crippen LogP contribution in [0.2, 0.25) is 0 Å². The molecule has 7 heteroatoms. The maximum atomic E-state index is 12.4. The van der Waals surface area contributed by atoms with Gasteiger partial charge in [-0.3, -0.25) is 9.78 Å². The van der Waals surface area contributed by atoms with Crippen LogP contribution in [-0.4, -0.2) is 25.7 Å². The molecule has 6 nitrogen and oxygen atoms in total. The molecule has 0 unspecified atom stereocenters. The van der Waals surface area contributed by atoms with Gasteiger partial charge in [-0.1, -0.05) is 6.07 Å². The van der Waals surface area contributed by atoms with Crippen molar-refractivity contribution in [3.8, 4) is 5.69 Å². The Balaban J connectivity index is 1.35. The molecule has 0 saturated carbocycles. The molecule has 1 N–H and O–H groups in total. The highest BCUT2D eigenvalue weighted by atomic mass is 32.2. The van der Waals surface area contributed by atoms with Gasteiger partial charge in [0, 0.05) is 34.3 Å². The first-order valence-electron chi connectivity index (χ1n) is 8.66. The summed E-state index contributed by atoms with van der Waals surface area (Å²) in [5, 5.41) is 6.99. The molecular formula is C21H17N5OS. The van der Waals surface area contributed by atoms with Gasteiger partial charge in [0.1, 0.15) is 12.7 Å². The Labute approximate surface area is 166 Å². The zero-order chi connectivity index (χ0) is 19.2. The topological polar surface area (TPSA) is 72.7 Å². The number of hydrogen-bond acceptors (Lipinski definition) is 5. The van der Waals surface area contributed by atoms with Gasteiger partial charge in [-0.05, 0) is 60.2 Å². The van der Waals surface area contributed by atoms with E-state index in [0.717, 1.165) is 22.0 Å². The van der Waals surface area contributed by atoms with Gasteiger partial charge in [0.2, 0.25) is 0 Å². The van der Waals surface area contributed by atoms with Crippen LogP contribution in [0.5, 0.6) is 0 Å². The van der Waals surface area contributed by atoms with E-state index >= 15 is 0 Å². The minimum Gasteiger partial charge on any atom is -0.322 e. The van der Waals surface area contributed by atoms with Crippen LogP contribution in [-0.2, 0) is 5.75 Å². The highest BCUT2D eigenvalue weighted by Gasteiger charge is 2.07. The lowest BCUT2D eigenvalue weighted by Gasteiger charge is -2.08. The van der Waals surface area contributed by atoms with Gasteiger partial charge in [-0.15, -0.1) is 11.8 Å². The molecule has 1 amide bonds. The van der Waals surface area contributed by atoms with Crippen molar-refractivity contribution in [3.05, 3.63) is 96.8 Å². The number of rotatable bonds is 6. The van der Waals surface area contributed by atoms with Crippen molar-refractivity contribution in [3.63, 3.8) is 0 Å². The maximum Gasteiger partial charge on any atom is 0.255 e. The van der Waals surface area contributed by atoms with Crippen LogP contribution in [0.1, 0.15) is 15.9 Å². The standard InChI is InChI=1S/C21H17N5OS/c27-21(17-3-7-19(8-4-17)26-15-23-14-24-26)25-18-5-9-20(10-6-18)28-13-16-2-1-11-22-12-16/h1-12,14-15H,13H2,(H,25,27). The molecule has 0 radical (unpaired) electrons. The number of aromatic nitrogens is 4. The van der Waals surface area contributed by atoms with Crippen molar-refractivity contribution in [2.24, 2.45) is 0 Å². The van der Waals surface area contributed by atoms with E-state index in [2.05, 4.69) is 26.4 Å². The first kappa shape index (κ1) is 17.9. The summed E-state index contributed by atoms with van der Waals surface area (Å²) in [7, 11) is 0. The zero-order valence-corrected chi connectivity index (χ0v) is 15.7. The number of thioether (sulfide) groups is 1. The lowest BCUT2D eigenvalue weighted by Crippen LogP contribution is -2.11. The van der Waals surface area contributed by atoms with Gasteiger partial charge in [0.05, 0.1) is 5.69 Å². The van der Waals surface area contributed by atoms with Crippen LogP contribution in [0.3, 0.4) is 0 Å². The smallest absolute Gasteiger partial charge is 0.255 e. The molecule has 0 fully saturated rings. The van der Waals surface area contributed by atoms with Crippen LogP contribution in [0.15, 0.2) is 90.6 Å². The van der Waals surface area contributed by atoms with Crippen molar-refractivity contribution in [1.82, 2.24) is 19.7 Å². The summed E-state index contributed by atoms with van der Waals surface area (Å²) in [6, 6.07) is 19.0. The lowest BCUT2D eigenvalue weighted by molar-refractivity contribution is 0.102. The van der Waals surface area contributed by atoms with Gasteiger partial charge >= 0.3 is 0 Å². The second-order valence-electron chi connectivity index (χ2n) is 6.02. The van der Waals surface area contributed by atoms with Crippen molar-refractivity contribution in [2.75, 3.05) is 5.32 Å². The summed E-state index contributed by atoms with van der Waals surface area (Å²) in [5.41, 5.74) is 3.37. The Morgan fingerprint density at radius 2 is 1.82 bits per heavy atom. The fourth-order valence-corrected chi connectivity index (χ4v) is 3.43. The van der Waals surface area contributed by atoms with E-state index in [-0.39, 0.29) is 5.91 Å². The Morgan fingerprint density at radius 3 is 2.50 bits per heavy atom. The number of carbonyl (C=O) groups excluding carboxylic acids is 1. The molecule has 2 heterocycles. The number of amides is 1. The number of carbonyl (C=O) groups is 1. The molecule has 0 aliphatic heterocycles. The molecule has 0 bridgehead atoms. The summed E-state index contributed by atoms with van der Waals surface area (Å²) in [6.45, 7) is 0. The Kier molecular flexibility index (Phi) is 5.44. The maximum absolute atomic E-state index is 12.4. The number of pyridine rings is 1. The third-order valence-corrected chi connectivity index (χ3v) is 5.14. The first-order chi connectivity index (χ1) is 13.8. The minimum absolute atomic E-state index is 0.152. The third kappa shape index (κ3) is 4.44. The number of nitrogens with one attached hydrogen (secondary N) is 1. The molecule has 0 aliphatic carbocycles. The first-order valence-corrected chi connectivity index (χ1v) is 9.65. The molecule has 2 aromatic carbocycles. The Hall–Kier alpha value is -3.45. The van der Waals surface area contributed by atoms with E-state index in [1.165, 1.54) is 11.9 Å². The summed E-state index contributed by atoms with van der Waals surface area (Å²) in [6.07, 6.45) is 6.73. The van der Waals surface area contributed by atoms with E-state index in [4.69, 9.17) is 0 Å². The van der Waals surface area contributed by atoms with Crippen LogP contribution in [0.25, 0.3) is 5.69 Å². The monoisotopic (exact) mass is 387 g/mol. The van der Waals surface area contributed by atoms with Crippen LogP contribution >= 0.6 is 11.8 Å². The lowest BCUT2D eigenvalue weighted by atomic mass is 10.2. The Morgan fingerprint density at radius 1 is 1.00 bits per heavy atom. The van der Waals surface area contributed by atoms with Crippen LogP contribution < -0.4 is 5.32 Å². The van der Waals surface area contributed by atoms with Crippen LogP contribution in [0.4, 0.5) is 5.69 Å². The van der Waals surface area contributed by atoms with Gasteiger partial charge in [-0.25, -0.2) is 9.67 Å². The second kappa shape index (κ2) is 8.49. The molecule has 28 heavy (non-hydrogen) atoms. The Bertz CT molecular complexity index is 1030. The summed E-state index contributed by atoms with van der Waals surface area (Å²) >= 11 is 1.73. The molecule has 2 aromatic heterocycles. The van der Waals surface area contributed by atoms with Gasteiger partial charge in [0.25, 0.3) is 5.91 Å². The zero-order valence-electron chi connectivity index (χ0n) is 14.9. The molecule has 0 saturated heterocycles. The predicted octanol–water partition coefficient (Wildman–Crippen LogP) is 4.21. The fourth-order valence-electron chi connectivity index (χ4n) is 2.60. The summed E-state index contributed by atoms with van der Waals surface area (Å²) < 4.78 is 1.64. The number of nitrogens with zero attached hydrogens (tertiary/aromatic N) is 4. The average molecular weight is 387 g/mol. The second-order valence-corrected chi connectivity index (χ2v) is 7.06. The van der Waals surface area contributed by atoms with Gasteiger partial charge in [0.15, 0.2) is 0 Å². The van der Waals surface area contributed by atoms with Gasteiger partial charge < -0.3 is 5.32 Å². The van der Waals surface area contributed by atoms with Crippen molar-refractivity contribution < 1.29 is 4.79 Å². The normalized spacial score (nSPS) is 10.6. The predicted molar refractivity (Wildman–Crippen MR) is 110 cm³/mol. The fraction of sp³-hybridized carbons (Fsp3) is 0.0476. The quantitative estimate of drug-likeness (QED) is 0.502. The molecule has 0 atom stereocenters. The van der Waals surface area contributed by atoms with Crippen LogP contribution in [0, 0.1) is 0 Å². The minimum atomic E-state index is -0.152. The number of benzene rings is 2. The number of hydrogen-bond donors (Lipinski definition) is 1. The van der Waals surface area contributed by atoms with E-state index < -0.39 is 0 Å². The molecule has 0 aliphatic rings. The van der Waals surface area contributed by atoms with Crippen molar-refractivity contribution in [1.29, 1.82) is 0 Å². The highest BCUT2D eigenvalue weighted by Crippen LogP contribution is 2.24. The molecular weight excluding hydrogens is 370 g/mol. The van der Waals surface area contributed by atoms with Gasteiger partial charge in [-0.2, -0.15) is 5.10 Å². The third-order valence-electron chi connectivity index (χ3n) is 4.05. The van der Waals surface area contributed by atoms with E-state index in [0.29, 0.717) is 5.56 Å². The summed E-state index contributed by atoms with van der Waals surface area (Å²) in [5.74, 6) is 0.707. The average Bonchev–Trinajstić information content (AvgIpc) is 3.29. The summed E-state index contributed by atoms with van der Waals surface area (Å²) in [4.78, 5) is 21.6. The molecule has 4 aromatic rings. The van der Waals surface area contributed by atoms with E-state index in [1.54, 1.807) is 41.1 Å². The SMILES string of the molecule is O=C(Nc1ccc(SCc2cccnc2)cc1)c1ccc(-n2cncn2)cc1.